The van der Waals surface area contributed by atoms with Gasteiger partial charge in [0.2, 0.25) is 0 Å². The van der Waals surface area contributed by atoms with E-state index in [1.54, 1.807) is 18.3 Å². The standard InChI is InChI=1S/C22H21N3O2S/c26-20(15-8-7-13-23-14-15)25-22-19(17-11-5-2-6-12-18(17)28-22)21(27)24-16-9-3-1-4-10-16/h1,3-4,7-10,13-14H,2,5-6,11-12H2,(H,24,27)(H,25,26). The fourth-order valence-corrected chi connectivity index (χ4v) is 4.74. The maximum absolute atomic E-state index is 13.1. The first-order valence-electron chi connectivity index (χ1n) is 9.44. The van der Waals surface area contributed by atoms with Crippen LogP contribution in [0.4, 0.5) is 10.7 Å². The van der Waals surface area contributed by atoms with Crippen LogP contribution in [0, 0.1) is 0 Å². The molecule has 6 heteroatoms. The molecule has 0 unspecified atom stereocenters. The molecule has 0 radical (unpaired) electrons. The third kappa shape index (κ3) is 3.97. The Morgan fingerprint density at radius 1 is 0.893 bits per heavy atom. The lowest BCUT2D eigenvalue weighted by atomic mass is 10.0. The van der Waals surface area contributed by atoms with Gasteiger partial charge in [0, 0.05) is 23.0 Å². The van der Waals surface area contributed by atoms with Crippen LogP contribution >= 0.6 is 11.3 Å². The van der Waals surface area contributed by atoms with Gasteiger partial charge < -0.3 is 10.6 Å². The van der Waals surface area contributed by atoms with Crippen molar-refractivity contribution in [3.8, 4) is 0 Å². The van der Waals surface area contributed by atoms with Gasteiger partial charge in [-0.25, -0.2) is 0 Å². The van der Waals surface area contributed by atoms with E-state index in [-0.39, 0.29) is 11.8 Å². The highest BCUT2D eigenvalue weighted by Crippen LogP contribution is 2.38. The van der Waals surface area contributed by atoms with E-state index in [0.717, 1.165) is 36.9 Å². The zero-order valence-corrected chi connectivity index (χ0v) is 16.2. The predicted octanol–water partition coefficient (Wildman–Crippen LogP) is 4.92. The number of carbonyl (C=O) groups is 2. The Kier molecular flexibility index (Phi) is 5.48. The molecular formula is C22H21N3O2S. The number of hydrogen-bond donors (Lipinski definition) is 2. The topological polar surface area (TPSA) is 71.1 Å². The average molecular weight is 391 g/mol. The minimum Gasteiger partial charge on any atom is -0.322 e. The van der Waals surface area contributed by atoms with Crippen LogP contribution in [0.25, 0.3) is 0 Å². The molecule has 0 aliphatic heterocycles. The summed E-state index contributed by atoms with van der Waals surface area (Å²) in [7, 11) is 0. The number of thiophene rings is 1. The second-order valence-electron chi connectivity index (χ2n) is 6.78. The molecule has 0 atom stereocenters. The Labute approximate surface area is 167 Å². The van der Waals surface area contributed by atoms with E-state index in [1.807, 2.05) is 30.3 Å². The second-order valence-corrected chi connectivity index (χ2v) is 7.89. The van der Waals surface area contributed by atoms with Gasteiger partial charge in [-0.15, -0.1) is 11.3 Å². The lowest BCUT2D eigenvalue weighted by Gasteiger charge is -2.10. The van der Waals surface area contributed by atoms with E-state index >= 15 is 0 Å². The number of carbonyl (C=O) groups excluding carboxylic acids is 2. The summed E-state index contributed by atoms with van der Waals surface area (Å²) < 4.78 is 0. The molecule has 0 saturated heterocycles. The van der Waals surface area contributed by atoms with Gasteiger partial charge in [0.1, 0.15) is 5.00 Å². The highest BCUT2D eigenvalue weighted by molar-refractivity contribution is 7.17. The van der Waals surface area contributed by atoms with Gasteiger partial charge in [0.05, 0.1) is 11.1 Å². The summed E-state index contributed by atoms with van der Waals surface area (Å²) in [5, 5.41) is 6.54. The van der Waals surface area contributed by atoms with Crippen molar-refractivity contribution < 1.29 is 9.59 Å². The first-order chi connectivity index (χ1) is 13.7. The van der Waals surface area contributed by atoms with Crippen LogP contribution in [0.15, 0.2) is 54.9 Å². The molecule has 0 saturated carbocycles. The molecule has 2 N–H and O–H groups in total. The molecule has 1 aromatic carbocycles. The molecule has 28 heavy (non-hydrogen) atoms. The van der Waals surface area contributed by atoms with Crippen LogP contribution in [-0.2, 0) is 12.8 Å². The smallest absolute Gasteiger partial charge is 0.258 e. The molecule has 2 aromatic heterocycles. The van der Waals surface area contributed by atoms with Crippen LogP contribution < -0.4 is 10.6 Å². The number of anilines is 2. The van der Waals surface area contributed by atoms with Crippen molar-refractivity contribution in [3.63, 3.8) is 0 Å². The number of hydrogen-bond acceptors (Lipinski definition) is 4. The molecule has 142 valence electrons. The monoisotopic (exact) mass is 391 g/mol. The Bertz CT molecular complexity index is 984. The highest BCUT2D eigenvalue weighted by atomic mass is 32.1. The molecule has 0 spiro atoms. The zero-order chi connectivity index (χ0) is 19.3. The number of rotatable bonds is 4. The lowest BCUT2D eigenvalue weighted by molar-refractivity contribution is 0.102. The van der Waals surface area contributed by atoms with Crippen molar-refractivity contribution in [3.05, 3.63) is 76.4 Å². The quantitative estimate of drug-likeness (QED) is 0.620. The normalized spacial score (nSPS) is 13.3. The highest BCUT2D eigenvalue weighted by Gasteiger charge is 2.26. The largest absolute Gasteiger partial charge is 0.322 e. The number of aryl methyl sites for hydroxylation is 1. The van der Waals surface area contributed by atoms with Gasteiger partial charge in [-0.2, -0.15) is 0 Å². The van der Waals surface area contributed by atoms with Gasteiger partial charge >= 0.3 is 0 Å². The maximum atomic E-state index is 13.1. The molecule has 3 aromatic rings. The number of pyridine rings is 1. The summed E-state index contributed by atoms with van der Waals surface area (Å²) in [5.41, 5.74) is 2.89. The first kappa shape index (κ1) is 18.4. The lowest BCUT2D eigenvalue weighted by Crippen LogP contribution is -2.18. The van der Waals surface area contributed by atoms with E-state index in [1.165, 1.54) is 28.8 Å². The molecule has 4 rings (SSSR count). The molecule has 0 fully saturated rings. The number of nitrogens with one attached hydrogen (secondary N) is 2. The van der Waals surface area contributed by atoms with Gasteiger partial charge in [-0.05, 0) is 55.5 Å². The van der Waals surface area contributed by atoms with E-state index in [0.29, 0.717) is 16.1 Å². The summed E-state index contributed by atoms with van der Waals surface area (Å²) in [5.74, 6) is -0.426. The van der Waals surface area contributed by atoms with Crippen molar-refractivity contribution in [2.75, 3.05) is 10.6 Å². The van der Waals surface area contributed by atoms with E-state index in [9.17, 15) is 9.59 Å². The van der Waals surface area contributed by atoms with Crippen molar-refractivity contribution in [1.29, 1.82) is 0 Å². The Hall–Kier alpha value is -2.99. The van der Waals surface area contributed by atoms with Crippen molar-refractivity contribution in [2.45, 2.75) is 32.1 Å². The summed E-state index contributed by atoms with van der Waals surface area (Å²) in [6, 6.07) is 12.8. The number of benzene rings is 1. The van der Waals surface area contributed by atoms with Gasteiger partial charge in [0.25, 0.3) is 11.8 Å². The molecule has 1 aliphatic rings. The number of aromatic nitrogens is 1. The molecular weight excluding hydrogens is 370 g/mol. The number of nitrogens with zero attached hydrogens (tertiary/aromatic N) is 1. The Morgan fingerprint density at radius 3 is 2.50 bits per heavy atom. The van der Waals surface area contributed by atoms with Crippen LogP contribution in [-0.4, -0.2) is 16.8 Å². The number of para-hydroxylation sites is 1. The molecule has 5 nitrogen and oxygen atoms in total. The Morgan fingerprint density at radius 2 is 1.71 bits per heavy atom. The summed E-state index contributed by atoms with van der Waals surface area (Å²) in [6.45, 7) is 0. The van der Waals surface area contributed by atoms with Crippen molar-refractivity contribution in [2.24, 2.45) is 0 Å². The predicted molar refractivity (Wildman–Crippen MR) is 112 cm³/mol. The minimum absolute atomic E-state index is 0.174. The summed E-state index contributed by atoms with van der Waals surface area (Å²) in [4.78, 5) is 31.0. The average Bonchev–Trinajstić information content (AvgIpc) is 2.90. The summed E-state index contributed by atoms with van der Waals surface area (Å²) in [6.07, 6.45) is 8.31. The van der Waals surface area contributed by atoms with Crippen LogP contribution in [0.1, 0.15) is 50.4 Å². The van der Waals surface area contributed by atoms with Crippen molar-refractivity contribution >= 4 is 33.8 Å². The fraction of sp³-hybridized carbons (Fsp3) is 0.227. The third-order valence-electron chi connectivity index (χ3n) is 4.83. The number of fused-ring (bicyclic) bond motifs is 1. The molecule has 2 amide bonds. The molecule has 1 aliphatic carbocycles. The SMILES string of the molecule is O=C(Nc1sc2c(c1C(=O)Nc1ccccc1)CCCCC2)c1cccnc1. The van der Waals surface area contributed by atoms with Gasteiger partial charge in [-0.1, -0.05) is 24.6 Å². The Balaban J connectivity index is 1.67. The van der Waals surface area contributed by atoms with E-state index < -0.39 is 0 Å². The van der Waals surface area contributed by atoms with E-state index in [2.05, 4.69) is 15.6 Å². The zero-order valence-electron chi connectivity index (χ0n) is 15.4. The molecule has 0 bridgehead atoms. The van der Waals surface area contributed by atoms with Crippen LogP contribution in [0.5, 0.6) is 0 Å². The number of amides is 2. The molecule has 2 heterocycles. The van der Waals surface area contributed by atoms with E-state index in [4.69, 9.17) is 0 Å². The minimum atomic E-state index is -0.252. The van der Waals surface area contributed by atoms with Gasteiger partial charge in [-0.3, -0.25) is 14.6 Å². The van der Waals surface area contributed by atoms with Crippen LogP contribution in [0.3, 0.4) is 0 Å². The van der Waals surface area contributed by atoms with Crippen LogP contribution in [0.2, 0.25) is 0 Å². The second kappa shape index (κ2) is 8.35. The van der Waals surface area contributed by atoms with Gasteiger partial charge in [0.15, 0.2) is 0 Å². The summed E-state index contributed by atoms with van der Waals surface area (Å²) >= 11 is 1.52. The first-order valence-corrected chi connectivity index (χ1v) is 10.3. The fourth-order valence-electron chi connectivity index (χ4n) is 3.46. The third-order valence-corrected chi connectivity index (χ3v) is 6.04. The van der Waals surface area contributed by atoms with Crippen molar-refractivity contribution in [1.82, 2.24) is 4.98 Å². The maximum Gasteiger partial charge on any atom is 0.258 e.